The number of carbonyl (C=O) groups excluding carboxylic acids is 1. The molecule has 1 aromatic heterocycles. The third kappa shape index (κ3) is 3.15. The average molecular weight is 242 g/mol. The van der Waals surface area contributed by atoms with Crippen LogP contribution < -0.4 is 4.73 Å². The number of aromatic nitrogens is 1. The third-order valence-electron chi connectivity index (χ3n) is 2.17. The molecule has 18 heavy (non-hydrogen) atoms. The van der Waals surface area contributed by atoms with E-state index >= 15 is 0 Å². The monoisotopic (exact) mass is 242 g/mol. The lowest BCUT2D eigenvalue weighted by molar-refractivity contribution is -0.605. The Morgan fingerprint density at radius 2 is 1.83 bits per heavy atom. The van der Waals surface area contributed by atoms with Crippen molar-refractivity contribution in [2.45, 2.75) is 0 Å². The van der Waals surface area contributed by atoms with E-state index in [1.807, 2.05) is 6.07 Å². The molecule has 0 radical (unpaired) electrons. The van der Waals surface area contributed by atoms with E-state index in [0.717, 1.165) is 0 Å². The Kier molecular flexibility index (Phi) is 3.66. The van der Waals surface area contributed by atoms with Crippen molar-refractivity contribution < 1.29 is 14.4 Å². The SMILES string of the molecule is O=C(O/N=C\c1cc[n+]([O-])cc1)c1ccccc1. The number of carbonyl (C=O) groups is 1. The van der Waals surface area contributed by atoms with Crippen molar-refractivity contribution in [1.29, 1.82) is 0 Å². The van der Waals surface area contributed by atoms with Gasteiger partial charge in [-0.25, -0.2) is 4.79 Å². The fourth-order valence-corrected chi connectivity index (χ4v) is 1.27. The number of nitrogens with zero attached hydrogens (tertiary/aromatic N) is 2. The lowest BCUT2D eigenvalue weighted by atomic mass is 10.2. The molecule has 0 unspecified atom stereocenters. The molecule has 1 aromatic carbocycles. The average Bonchev–Trinajstić information content (AvgIpc) is 2.42. The van der Waals surface area contributed by atoms with Crippen molar-refractivity contribution in [2.24, 2.45) is 5.16 Å². The van der Waals surface area contributed by atoms with Gasteiger partial charge >= 0.3 is 5.97 Å². The van der Waals surface area contributed by atoms with E-state index in [9.17, 15) is 10.0 Å². The molecule has 0 aliphatic rings. The molecule has 1 heterocycles. The minimum Gasteiger partial charge on any atom is -0.619 e. The van der Waals surface area contributed by atoms with E-state index in [1.54, 1.807) is 36.4 Å². The van der Waals surface area contributed by atoms with Crippen LogP contribution in [0.5, 0.6) is 0 Å². The van der Waals surface area contributed by atoms with Crippen molar-refractivity contribution >= 4 is 12.2 Å². The van der Waals surface area contributed by atoms with Crippen molar-refractivity contribution in [3.63, 3.8) is 0 Å². The number of hydrogen-bond acceptors (Lipinski definition) is 4. The van der Waals surface area contributed by atoms with Crippen molar-refractivity contribution in [2.75, 3.05) is 0 Å². The molecule has 0 aliphatic heterocycles. The third-order valence-corrected chi connectivity index (χ3v) is 2.17. The zero-order chi connectivity index (χ0) is 12.8. The van der Waals surface area contributed by atoms with Gasteiger partial charge in [0.25, 0.3) is 0 Å². The highest BCUT2D eigenvalue weighted by Gasteiger charge is 2.04. The first-order valence-corrected chi connectivity index (χ1v) is 5.24. The molecule has 0 bridgehead atoms. The summed E-state index contributed by atoms with van der Waals surface area (Å²) in [5.74, 6) is -0.526. The van der Waals surface area contributed by atoms with E-state index in [-0.39, 0.29) is 0 Å². The second-order valence-corrected chi connectivity index (χ2v) is 3.47. The van der Waals surface area contributed by atoms with Gasteiger partial charge in [0.1, 0.15) is 0 Å². The van der Waals surface area contributed by atoms with Gasteiger partial charge in [0.05, 0.1) is 11.8 Å². The molecular weight excluding hydrogens is 232 g/mol. The number of hydrogen-bond donors (Lipinski definition) is 0. The molecule has 0 aliphatic carbocycles. The first kappa shape index (κ1) is 11.8. The molecule has 2 rings (SSSR count). The van der Waals surface area contributed by atoms with Crippen LogP contribution in [0.25, 0.3) is 0 Å². The van der Waals surface area contributed by atoms with Crippen LogP contribution in [0.4, 0.5) is 0 Å². The van der Waals surface area contributed by atoms with Crippen LogP contribution >= 0.6 is 0 Å². The second kappa shape index (κ2) is 5.58. The van der Waals surface area contributed by atoms with E-state index < -0.39 is 5.97 Å². The minimum atomic E-state index is -0.526. The maximum Gasteiger partial charge on any atom is 0.365 e. The molecule has 0 spiro atoms. The molecule has 0 amide bonds. The maximum atomic E-state index is 11.5. The van der Waals surface area contributed by atoms with Crippen LogP contribution in [-0.4, -0.2) is 12.2 Å². The van der Waals surface area contributed by atoms with Gasteiger partial charge in [0.2, 0.25) is 0 Å². The molecule has 0 fully saturated rings. The fourth-order valence-electron chi connectivity index (χ4n) is 1.27. The summed E-state index contributed by atoms with van der Waals surface area (Å²) in [4.78, 5) is 16.2. The zero-order valence-corrected chi connectivity index (χ0v) is 9.39. The first-order chi connectivity index (χ1) is 8.75. The van der Waals surface area contributed by atoms with Crippen LogP contribution in [-0.2, 0) is 4.84 Å². The topological polar surface area (TPSA) is 65.6 Å². The fraction of sp³-hybridized carbons (Fsp3) is 0. The highest BCUT2D eigenvalue weighted by molar-refractivity contribution is 5.89. The summed E-state index contributed by atoms with van der Waals surface area (Å²) in [7, 11) is 0. The molecule has 5 nitrogen and oxygen atoms in total. The van der Waals surface area contributed by atoms with E-state index in [2.05, 4.69) is 5.16 Å². The van der Waals surface area contributed by atoms with Gasteiger partial charge in [-0.05, 0) is 12.1 Å². The van der Waals surface area contributed by atoms with Gasteiger partial charge in [-0.1, -0.05) is 23.4 Å². The lowest BCUT2D eigenvalue weighted by Crippen LogP contribution is -2.23. The van der Waals surface area contributed by atoms with Crippen LogP contribution in [0.1, 0.15) is 15.9 Å². The van der Waals surface area contributed by atoms with E-state index in [0.29, 0.717) is 15.9 Å². The van der Waals surface area contributed by atoms with Gasteiger partial charge in [0, 0.05) is 17.7 Å². The number of pyridine rings is 1. The summed E-state index contributed by atoms with van der Waals surface area (Å²) < 4.78 is 0.660. The van der Waals surface area contributed by atoms with Crippen LogP contribution in [0.3, 0.4) is 0 Å². The molecule has 0 saturated carbocycles. The summed E-state index contributed by atoms with van der Waals surface area (Å²) in [6.45, 7) is 0. The van der Waals surface area contributed by atoms with E-state index in [4.69, 9.17) is 4.84 Å². The van der Waals surface area contributed by atoms with Crippen LogP contribution in [0.15, 0.2) is 60.0 Å². The molecular formula is C13H10N2O3. The number of rotatable bonds is 3. The van der Waals surface area contributed by atoms with Crippen molar-refractivity contribution in [3.8, 4) is 0 Å². The molecule has 0 saturated heterocycles. The standard InChI is InChI=1S/C13H10N2O3/c16-13(12-4-2-1-3-5-12)18-14-10-11-6-8-15(17)9-7-11/h1-10H/b14-10-. The Morgan fingerprint density at radius 1 is 1.17 bits per heavy atom. The highest BCUT2D eigenvalue weighted by Crippen LogP contribution is 2.01. The van der Waals surface area contributed by atoms with Crippen molar-refractivity contribution in [1.82, 2.24) is 0 Å². The Hall–Kier alpha value is -2.69. The zero-order valence-electron chi connectivity index (χ0n) is 9.39. The van der Waals surface area contributed by atoms with Gasteiger partial charge in [-0.2, -0.15) is 4.73 Å². The number of oxime groups is 1. The molecule has 90 valence electrons. The largest absolute Gasteiger partial charge is 0.619 e. The van der Waals surface area contributed by atoms with Gasteiger partial charge in [-0.15, -0.1) is 0 Å². The smallest absolute Gasteiger partial charge is 0.365 e. The quantitative estimate of drug-likeness (QED) is 0.269. The van der Waals surface area contributed by atoms with Gasteiger partial charge in [-0.3, -0.25) is 0 Å². The van der Waals surface area contributed by atoms with Gasteiger partial charge in [0.15, 0.2) is 12.4 Å². The minimum absolute atomic E-state index is 0.431. The summed E-state index contributed by atoms with van der Waals surface area (Å²) in [6.07, 6.45) is 4.03. The van der Waals surface area contributed by atoms with Crippen molar-refractivity contribution in [3.05, 3.63) is 71.2 Å². The Labute approximate surface area is 104 Å². The molecule has 0 N–H and O–H groups in total. The predicted octanol–water partition coefficient (Wildman–Crippen LogP) is 1.51. The summed E-state index contributed by atoms with van der Waals surface area (Å²) >= 11 is 0. The molecule has 0 atom stereocenters. The molecule has 2 aromatic rings. The Morgan fingerprint density at radius 3 is 2.50 bits per heavy atom. The highest BCUT2D eigenvalue weighted by atomic mass is 16.7. The summed E-state index contributed by atoms with van der Waals surface area (Å²) in [6, 6.07) is 11.7. The van der Waals surface area contributed by atoms with Crippen LogP contribution in [0, 0.1) is 5.21 Å². The molecule has 5 heteroatoms. The van der Waals surface area contributed by atoms with E-state index in [1.165, 1.54) is 18.6 Å². The first-order valence-electron chi connectivity index (χ1n) is 5.24. The normalized spacial score (nSPS) is 10.4. The number of benzene rings is 1. The van der Waals surface area contributed by atoms with Gasteiger partial charge < -0.3 is 10.0 Å². The van der Waals surface area contributed by atoms with Crippen LogP contribution in [0.2, 0.25) is 0 Å². The summed E-state index contributed by atoms with van der Waals surface area (Å²) in [5, 5.41) is 14.3. The summed E-state index contributed by atoms with van der Waals surface area (Å²) in [5.41, 5.74) is 1.10. The second-order valence-electron chi connectivity index (χ2n) is 3.47. The Bertz CT molecular complexity index is 550. The predicted molar refractivity (Wildman–Crippen MR) is 64.9 cm³/mol. The Balaban J connectivity index is 1.96. The maximum absolute atomic E-state index is 11.5. The lowest BCUT2D eigenvalue weighted by Gasteiger charge is -1.97.